The quantitative estimate of drug-likeness (QED) is 0.786. The van der Waals surface area contributed by atoms with E-state index in [0.29, 0.717) is 23.5 Å². The van der Waals surface area contributed by atoms with Crippen molar-refractivity contribution in [1.82, 2.24) is 9.55 Å². The lowest BCUT2D eigenvalue weighted by molar-refractivity contribution is 0.414. The Morgan fingerprint density at radius 1 is 1.32 bits per heavy atom. The Labute approximate surface area is 109 Å². The number of hydrogen-bond donors (Lipinski definition) is 2. The Morgan fingerprint density at radius 3 is 2.74 bits per heavy atom. The largest absolute Gasteiger partial charge is 0.497 e. The van der Waals surface area contributed by atoms with Gasteiger partial charge in [-0.2, -0.15) is 0 Å². The highest BCUT2D eigenvalue weighted by molar-refractivity contribution is 5.47. The van der Waals surface area contributed by atoms with Crippen LogP contribution in [0.4, 0.5) is 5.69 Å². The van der Waals surface area contributed by atoms with Gasteiger partial charge in [-0.15, -0.1) is 0 Å². The van der Waals surface area contributed by atoms with Crippen LogP contribution in [0.2, 0.25) is 0 Å². The van der Waals surface area contributed by atoms with Crippen LogP contribution in [0, 0.1) is 6.92 Å². The minimum atomic E-state index is -0.447. The van der Waals surface area contributed by atoms with Crippen molar-refractivity contribution in [3.8, 4) is 5.75 Å². The third kappa shape index (κ3) is 2.85. The minimum Gasteiger partial charge on any atom is -0.497 e. The second-order valence-corrected chi connectivity index (χ2v) is 4.31. The minimum absolute atomic E-state index is 0.317. The molecule has 1 heterocycles. The number of nitrogens with one attached hydrogen (secondary N) is 1. The molecule has 0 saturated carbocycles. The number of hydrogen-bond acceptors (Lipinski definition) is 4. The molecule has 0 unspecified atom stereocenters. The second kappa shape index (κ2) is 5.01. The van der Waals surface area contributed by atoms with E-state index in [9.17, 15) is 9.59 Å². The average Bonchev–Trinajstić information content (AvgIpc) is 2.35. The van der Waals surface area contributed by atoms with Gasteiger partial charge in [-0.1, -0.05) is 0 Å². The molecule has 0 radical (unpaired) electrons. The molecular formula is C13H15N3O3. The Kier molecular flexibility index (Phi) is 3.41. The summed E-state index contributed by atoms with van der Waals surface area (Å²) in [5.41, 5.74) is 6.80. The summed E-state index contributed by atoms with van der Waals surface area (Å²) in [5, 5.41) is 0. The van der Waals surface area contributed by atoms with E-state index in [4.69, 9.17) is 10.5 Å². The van der Waals surface area contributed by atoms with Gasteiger partial charge in [0.05, 0.1) is 13.7 Å². The van der Waals surface area contributed by atoms with E-state index in [0.717, 1.165) is 5.56 Å². The van der Waals surface area contributed by atoms with Crippen molar-refractivity contribution in [3.05, 3.63) is 56.4 Å². The standard InChI is InChI=1S/C13H15N3O3/c1-8-6-16(13(18)15-12(8)17)7-9-3-10(14)5-11(4-9)19-2/h3-6H,7,14H2,1-2H3,(H,15,17,18). The van der Waals surface area contributed by atoms with Gasteiger partial charge >= 0.3 is 5.69 Å². The molecule has 0 saturated heterocycles. The predicted molar refractivity (Wildman–Crippen MR) is 72.6 cm³/mol. The molecule has 6 heteroatoms. The van der Waals surface area contributed by atoms with Crippen molar-refractivity contribution in [2.75, 3.05) is 12.8 Å². The predicted octanol–water partition coefficient (Wildman–Crippen LogP) is 0.484. The zero-order chi connectivity index (χ0) is 14.0. The number of ether oxygens (including phenoxy) is 1. The van der Waals surface area contributed by atoms with Crippen LogP contribution in [0.3, 0.4) is 0 Å². The molecule has 19 heavy (non-hydrogen) atoms. The first-order valence-corrected chi connectivity index (χ1v) is 5.73. The zero-order valence-electron chi connectivity index (χ0n) is 10.8. The molecule has 0 fully saturated rings. The van der Waals surface area contributed by atoms with Crippen molar-refractivity contribution in [3.63, 3.8) is 0 Å². The first-order valence-electron chi connectivity index (χ1n) is 5.73. The molecule has 0 atom stereocenters. The number of nitrogens with two attached hydrogens (primary N) is 1. The maximum Gasteiger partial charge on any atom is 0.328 e. The van der Waals surface area contributed by atoms with Crippen LogP contribution < -0.4 is 21.7 Å². The fourth-order valence-electron chi connectivity index (χ4n) is 1.83. The lowest BCUT2D eigenvalue weighted by Crippen LogP contribution is -2.31. The summed E-state index contributed by atoms with van der Waals surface area (Å²) in [4.78, 5) is 25.2. The van der Waals surface area contributed by atoms with Gasteiger partial charge in [-0.25, -0.2) is 4.79 Å². The van der Waals surface area contributed by atoms with E-state index in [1.807, 2.05) is 0 Å². The number of H-pyrrole nitrogens is 1. The Hall–Kier alpha value is -2.50. The molecule has 1 aromatic heterocycles. The number of aromatic amines is 1. The van der Waals surface area contributed by atoms with Gasteiger partial charge < -0.3 is 10.5 Å². The number of nitrogen functional groups attached to an aromatic ring is 1. The van der Waals surface area contributed by atoms with Gasteiger partial charge in [0, 0.05) is 23.5 Å². The molecule has 2 aromatic rings. The number of aromatic nitrogens is 2. The van der Waals surface area contributed by atoms with Crippen molar-refractivity contribution >= 4 is 5.69 Å². The van der Waals surface area contributed by atoms with Crippen molar-refractivity contribution in [2.24, 2.45) is 0 Å². The van der Waals surface area contributed by atoms with Gasteiger partial charge in [0.1, 0.15) is 5.75 Å². The van der Waals surface area contributed by atoms with Gasteiger partial charge in [-0.05, 0) is 24.6 Å². The maximum absolute atomic E-state index is 11.7. The van der Waals surface area contributed by atoms with Crippen LogP contribution in [-0.4, -0.2) is 16.7 Å². The molecule has 2 rings (SSSR count). The lowest BCUT2D eigenvalue weighted by atomic mass is 10.2. The average molecular weight is 261 g/mol. The highest BCUT2D eigenvalue weighted by Crippen LogP contribution is 2.18. The summed E-state index contributed by atoms with van der Waals surface area (Å²) >= 11 is 0. The summed E-state index contributed by atoms with van der Waals surface area (Å²) in [6.07, 6.45) is 1.52. The molecule has 0 amide bonds. The highest BCUT2D eigenvalue weighted by Gasteiger charge is 2.04. The van der Waals surface area contributed by atoms with E-state index in [1.165, 1.54) is 10.8 Å². The Balaban J connectivity index is 2.41. The molecule has 100 valence electrons. The van der Waals surface area contributed by atoms with Crippen LogP contribution in [0.5, 0.6) is 5.75 Å². The van der Waals surface area contributed by atoms with E-state index < -0.39 is 5.69 Å². The molecule has 0 spiro atoms. The zero-order valence-corrected chi connectivity index (χ0v) is 10.8. The number of aryl methyl sites for hydroxylation is 1. The van der Waals surface area contributed by atoms with Crippen LogP contribution in [0.25, 0.3) is 0 Å². The van der Waals surface area contributed by atoms with Gasteiger partial charge in [0.25, 0.3) is 5.56 Å². The van der Waals surface area contributed by atoms with Gasteiger partial charge in [0.2, 0.25) is 0 Å². The molecule has 6 nitrogen and oxygen atoms in total. The molecular weight excluding hydrogens is 246 g/mol. The van der Waals surface area contributed by atoms with Gasteiger partial charge in [-0.3, -0.25) is 14.3 Å². The third-order valence-electron chi connectivity index (χ3n) is 2.77. The first-order chi connectivity index (χ1) is 8.99. The van der Waals surface area contributed by atoms with E-state index in [2.05, 4.69) is 4.98 Å². The van der Waals surface area contributed by atoms with E-state index in [-0.39, 0.29) is 5.56 Å². The lowest BCUT2D eigenvalue weighted by Gasteiger charge is -2.09. The summed E-state index contributed by atoms with van der Waals surface area (Å²) in [6, 6.07) is 5.25. The number of methoxy groups -OCH3 is 1. The molecule has 0 bridgehead atoms. The van der Waals surface area contributed by atoms with Crippen molar-refractivity contribution in [1.29, 1.82) is 0 Å². The molecule has 0 aliphatic rings. The number of anilines is 1. The van der Waals surface area contributed by atoms with E-state index in [1.54, 1.807) is 32.2 Å². The summed E-state index contributed by atoms with van der Waals surface area (Å²) in [5.74, 6) is 0.629. The smallest absolute Gasteiger partial charge is 0.328 e. The normalized spacial score (nSPS) is 10.4. The summed E-state index contributed by atoms with van der Waals surface area (Å²) in [7, 11) is 1.55. The monoisotopic (exact) mass is 261 g/mol. The highest BCUT2D eigenvalue weighted by atomic mass is 16.5. The second-order valence-electron chi connectivity index (χ2n) is 4.31. The van der Waals surface area contributed by atoms with Crippen LogP contribution in [0.15, 0.2) is 34.0 Å². The van der Waals surface area contributed by atoms with Crippen molar-refractivity contribution in [2.45, 2.75) is 13.5 Å². The molecule has 3 N–H and O–H groups in total. The van der Waals surface area contributed by atoms with E-state index >= 15 is 0 Å². The van der Waals surface area contributed by atoms with Crippen LogP contribution in [0.1, 0.15) is 11.1 Å². The SMILES string of the molecule is COc1cc(N)cc(Cn2cc(C)c(=O)[nH]c2=O)c1. The summed E-state index contributed by atoms with van der Waals surface area (Å²) < 4.78 is 6.54. The molecule has 0 aliphatic heterocycles. The van der Waals surface area contributed by atoms with Crippen LogP contribution >= 0.6 is 0 Å². The molecule has 1 aromatic carbocycles. The Bertz CT molecular complexity index is 716. The maximum atomic E-state index is 11.7. The fraction of sp³-hybridized carbons (Fsp3) is 0.231. The first kappa shape index (κ1) is 12.9. The Morgan fingerprint density at radius 2 is 2.05 bits per heavy atom. The number of benzene rings is 1. The molecule has 0 aliphatic carbocycles. The fourth-order valence-corrected chi connectivity index (χ4v) is 1.83. The number of nitrogens with zero attached hydrogens (tertiary/aromatic N) is 1. The summed E-state index contributed by atoms with van der Waals surface area (Å²) in [6.45, 7) is 1.96. The number of rotatable bonds is 3. The van der Waals surface area contributed by atoms with Crippen molar-refractivity contribution < 1.29 is 4.74 Å². The third-order valence-corrected chi connectivity index (χ3v) is 2.77. The van der Waals surface area contributed by atoms with Gasteiger partial charge in [0.15, 0.2) is 0 Å². The van der Waals surface area contributed by atoms with Crippen LogP contribution in [-0.2, 0) is 6.54 Å². The topological polar surface area (TPSA) is 90.1 Å².